The van der Waals surface area contributed by atoms with E-state index in [1.807, 2.05) is 13.8 Å². The third-order valence-corrected chi connectivity index (χ3v) is 5.87. The van der Waals surface area contributed by atoms with Gasteiger partial charge < -0.3 is 14.6 Å². The normalized spacial score (nSPS) is 30.3. The van der Waals surface area contributed by atoms with Crippen LogP contribution in [0.2, 0.25) is 0 Å². The van der Waals surface area contributed by atoms with Crippen molar-refractivity contribution < 1.29 is 14.1 Å². The highest BCUT2D eigenvalue weighted by molar-refractivity contribution is 5.80. The fourth-order valence-corrected chi connectivity index (χ4v) is 4.16. The molecule has 2 saturated heterocycles. The summed E-state index contributed by atoms with van der Waals surface area (Å²) in [4.78, 5) is 14.3. The van der Waals surface area contributed by atoms with Crippen molar-refractivity contribution in [2.24, 2.45) is 17.8 Å². The Bertz CT molecular complexity index is 591. The molecule has 4 rings (SSSR count). The second kappa shape index (κ2) is 6.48. The molecule has 3 atom stereocenters. The van der Waals surface area contributed by atoms with Crippen LogP contribution in [0, 0.1) is 31.6 Å². The first-order chi connectivity index (χ1) is 11.6. The monoisotopic (exact) mass is 333 g/mol. The molecule has 3 heterocycles. The Morgan fingerprint density at radius 2 is 2.17 bits per heavy atom. The summed E-state index contributed by atoms with van der Waals surface area (Å²) >= 11 is 0. The Morgan fingerprint density at radius 1 is 1.33 bits per heavy atom. The molecule has 1 aliphatic carbocycles. The lowest BCUT2D eigenvalue weighted by Crippen LogP contribution is -2.43. The Kier molecular flexibility index (Phi) is 4.35. The first kappa shape index (κ1) is 16.1. The van der Waals surface area contributed by atoms with Crippen LogP contribution in [0.15, 0.2) is 4.52 Å². The molecule has 0 radical (unpaired) electrons. The highest BCUT2D eigenvalue weighted by Crippen LogP contribution is 2.35. The van der Waals surface area contributed by atoms with E-state index in [2.05, 4.69) is 15.4 Å². The first-order valence-electron chi connectivity index (χ1n) is 9.15. The van der Waals surface area contributed by atoms with Crippen LogP contribution < -0.4 is 5.32 Å². The Balaban J connectivity index is 1.30. The van der Waals surface area contributed by atoms with Gasteiger partial charge >= 0.3 is 0 Å². The summed E-state index contributed by atoms with van der Waals surface area (Å²) in [7, 11) is 0. The fraction of sp³-hybridized carbons (Fsp3) is 0.778. The number of ether oxygens (including phenoxy) is 1. The van der Waals surface area contributed by atoms with E-state index in [0.717, 1.165) is 57.0 Å². The second-order valence-corrected chi connectivity index (χ2v) is 7.64. The highest BCUT2D eigenvalue weighted by atomic mass is 16.5. The summed E-state index contributed by atoms with van der Waals surface area (Å²) in [6, 6.07) is 0. The molecule has 24 heavy (non-hydrogen) atoms. The first-order valence-corrected chi connectivity index (χ1v) is 9.15. The molecule has 0 aromatic carbocycles. The Morgan fingerprint density at radius 3 is 2.88 bits per heavy atom. The minimum Gasteiger partial charge on any atom is -0.376 e. The van der Waals surface area contributed by atoms with E-state index >= 15 is 0 Å². The van der Waals surface area contributed by atoms with Crippen molar-refractivity contribution in [3.63, 3.8) is 0 Å². The number of nitrogens with one attached hydrogen (secondary N) is 1. The van der Waals surface area contributed by atoms with Crippen molar-refractivity contribution in [2.75, 3.05) is 26.2 Å². The SMILES string of the molecule is Cc1noc(C)c1CN1CC[C@@H]2[C@@H](CO[C@H]2CNC(=O)C2CC2)C1. The summed E-state index contributed by atoms with van der Waals surface area (Å²) < 4.78 is 11.3. The number of hydrogen-bond acceptors (Lipinski definition) is 5. The number of aromatic nitrogens is 1. The van der Waals surface area contributed by atoms with Gasteiger partial charge in [0.25, 0.3) is 0 Å². The molecule has 1 aromatic heterocycles. The summed E-state index contributed by atoms with van der Waals surface area (Å²) in [5.41, 5.74) is 2.22. The van der Waals surface area contributed by atoms with E-state index in [-0.39, 0.29) is 17.9 Å². The summed E-state index contributed by atoms with van der Waals surface area (Å²) in [5, 5.41) is 7.14. The number of likely N-dealkylation sites (tertiary alicyclic amines) is 1. The Labute approximate surface area is 142 Å². The number of carbonyl (C=O) groups is 1. The number of aryl methyl sites for hydroxylation is 2. The van der Waals surface area contributed by atoms with Gasteiger partial charge in [-0.2, -0.15) is 0 Å². The van der Waals surface area contributed by atoms with Crippen LogP contribution in [0.5, 0.6) is 0 Å². The average Bonchev–Trinajstić information content (AvgIpc) is 3.29. The van der Waals surface area contributed by atoms with Crippen LogP contribution in [0.25, 0.3) is 0 Å². The average molecular weight is 333 g/mol. The predicted molar refractivity (Wildman–Crippen MR) is 88.3 cm³/mol. The van der Waals surface area contributed by atoms with Crippen molar-refractivity contribution in [3.8, 4) is 0 Å². The summed E-state index contributed by atoms with van der Waals surface area (Å²) in [6.07, 6.45) is 3.44. The van der Waals surface area contributed by atoms with Gasteiger partial charge in [-0.3, -0.25) is 9.69 Å². The summed E-state index contributed by atoms with van der Waals surface area (Å²) in [5.74, 6) is 2.57. The second-order valence-electron chi connectivity index (χ2n) is 7.64. The topological polar surface area (TPSA) is 67.6 Å². The van der Waals surface area contributed by atoms with Crippen LogP contribution in [-0.4, -0.2) is 48.3 Å². The van der Waals surface area contributed by atoms with Gasteiger partial charge in [-0.15, -0.1) is 0 Å². The molecule has 3 fully saturated rings. The van der Waals surface area contributed by atoms with Crippen molar-refractivity contribution in [3.05, 3.63) is 17.0 Å². The molecule has 132 valence electrons. The third-order valence-electron chi connectivity index (χ3n) is 5.87. The van der Waals surface area contributed by atoms with Gasteiger partial charge in [0.05, 0.1) is 18.4 Å². The number of hydrogen-bond donors (Lipinski definition) is 1. The van der Waals surface area contributed by atoms with Gasteiger partial charge in [0.1, 0.15) is 5.76 Å². The molecule has 0 spiro atoms. The fourth-order valence-electron chi connectivity index (χ4n) is 4.16. The van der Waals surface area contributed by atoms with E-state index < -0.39 is 0 Å². The minimum absolute atomic E-state index is 0.193. The maximum Gasteiger partial charge on any atom is 0.223 e. The zero-order chi connectivity index (χ0) is 16.7. The van der Waals surface area contributed by atoms with Crippen LogP contribution in [0.4, 0.5) is 0 Å². The van der Waals surface area contributed by atoms with Gasteiger partial charge in [-0.25, -0.2) is 0 Å². The molecule has 6 nitrogen and oxygen atoms in total. The molecule has 1 aromatic rings. The number of rotatable bonds is 5. The summed E-state index contributed by atoms with van der Waals surface area (Å²) in [6.45, 7) is 8.53. The van der Waals surface area contributed by atoms with E-state index in [9.17, 15) is 4.79 Å². The van der Waals surface area contributed by atoms with Gasteiger partial charge in [-0.1, -0.05) is 5.16 Å². The number of carbonyl (C=O) groups excluding carboxylic acids is 1. The van der Waals surface area contributed by atoms with Crippen molar-refractivity contribution in [1.29, 1.82) is 0 Å². The molecule has 3 aliphatic rings. The van der Waals surface area contributed by atoms with E-state index in [1.54, 1.807) is 0 Å². The van der Waals surface area contributed by atoms with Gasteiger partial charge in [-0.05, 0) is 45.6 Å². The number of amides is 1. The molecular formula is C18H27N3O3. The van der Waals surface area contributed by atoms with E-state index in [1.165, 1.54) is 5.56 Å². The van der Waals surface area contributed by atoms with Gasteiger partial charge in [0.2, 0.25) is 5.91 Å². The molecule has 1 saturated carbocycles. The Hall–Kier alpha value is -1.40. The lowest BCUT2D eigenvalue weighted by atomic mass is 9.84. The number of fused-ring (bicyclic) bond motifs is 1. The highest BCUT2D eigenvalue weighted by Gasteiger charge is 2.41. The number of nitrogens with zero attached hydrogens (tertiary/aromatic N) is 2. The van der Waals surface area contributed by atoms with Crippen LogP contribution >= 0.6 is 0 Å². The molecule has 1 N–H and O–H groups in total. The minimum atomic E-state index is 0.193. The van der Waals surface area contributed by atoms with Crippen molar-refractivity contribution in [1.82, 2.24) is 15.4 Å². The van der Waals surface area contributed by atoms with Gasteiger partial charge in [0.15, 0.2) is 0 Å². The molecule has 6 heteroatoms. The lowest BCUT2D eigenvalue weighted by molar-refractivity contribution is -0.122. The third kappa shape index (κ3) is 3.22. The molecule has 0 bridgehead atoms. The maximum atomic E-state index is 11.8. The zero-order valence-corrected chi connectivity index (χ0v) is 14.6. The van der Waals surface area contributed by atoms with Crippen molar-refractivity contribution in [2.45, 2.75) is 45.8 Å². The number of piperidine rings is 1. The zero-order valence-electron chi connectivity index (χ0n) is 14.6. The van der Waals surface area contributed by atoms with E-state index in [4.69, 9.17) is 9.26 Å². The largest absolute Gasteiger partial charge is 0.376 e. The van der Waals surface area contributed by atoms with Crippen LogP contribution in [0.1, 0.15) is 36.3 Å². The smallest absolute Gasteiger partial charge is 0.223 e. The molecule has 1 amide bonds. The standard InChI is InChI=1S/C18H27N3O3/c1-11-16(12(2)24-20-11)9-21-6-5-15-14(8-21)10-23-17(15)7-19-18(22)13-3-4-13/h13-15,17H,3-10H2,1-2H3,(H,19,22)/t14-,15-,17+/m1/s1. The lowest BCUT2D eigenvalue weighted by Gasteiger charge is -2.35. The van der Waals surface area contributed by atoms with Gasteiger partial charge in [0, 0.05) is 37.0 Å². The molecular weight excluding hydrogens is 306 g/mol. The van der Waals surface area contributed by atoms with Crippen LogP contribution in [0.3, 0.4) is 0 Å². The van der Waals surface area contributed by atoms with Crippen LogP contribution in [-0.2, 0) is 16.1 Å². The quantitative estimate of drug-likeness (QED) is 0.887. The molecule has 0 unspecified atom stereocenters. The maximum absolute atomic E-state index is 11.8. The van der Waals surface area contributed by atoms with Crippen molar-refractivity contribution >= 4 is 5.91 Å². The molecule has 2 aliphatic heterocycles. The predicted octanol–water partition coefficient (Wildman–Crippen LogP) is 1.65. The van der Waals surface area contributed by atoms with E-state index in [0.29, 0.717) is 18.4 Å².